The summed E-state index contributed by atoms with van der Waals surface area (Å²) in [6.45, 7) is 23.5. The van der Waals surface area contributed by atoms with Crippen molar-refractivity contribution in [1.82, 2.24) is 24.5 Å². The Morgan fingerprint density at radius 3 is 2.62 bits per heavy atom. The van der Waals surface area contributed by atoms with Crippen molar-refractivity contribution in [3.05, 3.63) is 28.5 Å². The second-order valence-corrected chi connectivity index (χ2v) is 21.2. The molecule has 1 aromatic carbocycles. The first-order valence-electron chi connectivity index (χ1n) is 17.6. The zero-order chi connectivity index (χ0) is 33.3. The molecular weight excluding hydrogens is 632 g/mol. The first-order chi connectivity index (χ1) is 22.5. The van der Waals surface area contributed by atoms with E-state index in [4.69, 9.17) is 40.7 Å². The molecule has 0 saturated carbocycles. The van der Waals surface area contributed by atoms with Gasteiger partial charge in [-0.25, -0.2) is 9.36 Å². The van der Waals surface area contributed by atoms with Crippen LogP contribution in [0.4, 0.5) is 5.82 Å². The van der Waals surface area contributed by atoms with Crippen LogP contribution >= 0.6 is 11.6 Å². The van der Waals surface area contributed by atoms with Crippen LogP contribution in [0.15, 0.2) is 12.3 Å². The third kappa shape index (κ3) is 7.46. The molecule has 3 saturated heterocycles. The average Bonchev–Trinajstić information content (AvgIpc) is 3.61. The second-order valence-electron chi connectivity index (χ2n) is 15.2. The lowest BCUT2D eigenvalue weighted by molar-refractivity contribution is -0.0996. The summed E-state index contributed by atoms with van der Waals surface area (Å²) < 4.78 is 28.3. The normalized spacial score (nSPS) is 24.8. The maximum atomic E-state index is 7.32. The van der Waals surface area contributed by atoms with Gasteiger partial charge < -0.3 is 23.8 Å². The fourth-order valence-electron chi connectivity index (χ4n) is 7.26. The number of rotatable bonds is 11. The molecule has 3 fully saturated rings. The molecule has 3 aliphatic rings. The maximum Gasteiger partial charge on any atom is 0.159 e. The summed E-state index contributed by atoms with van der Waals surface area (Å²) in [6.07, 6.45) is 6.19. The van der Waals surface area contributed by atoms with Crippen LogP contribution < -0.4 is 4.90 Å². The Labute approximate surface area is 286 Å². The molecule has 0 spiro atoms. The van der Waals surface area contributed by atoms with Crippen LogP contribution in [-0.2, 0) is 25.7 Å². The smallest absolute Gasteiger partial charge is 0.159 e. The lowest BCUT2D eigenvalue weighted by Crippen LogP contribution is -2.62. The number of hydrogen-bond donors (Lipinski definition) is 0. The van der Waals surface area contributed by atoms with E-state index in [1.165, 1.54) is 0 Å². The fourth-order valence-corrected chi connectivity index (χ4v) is 8.26. The molecule has 0 radical (unpaired) electrons. The summed E-state index contributed by atoms with van der Waals surface area (Å²) in [4.78, 5) is 5.07. The molecular formula is C35H55ClN6O4Si. The van der Waals surface area contributed by atoms with Crippen molar-refractivity contribution in [2.45, 2.75) is 104 Å². The molecule has 0 aliphatic carbocycles. The monoisotopic (exact) mass is 686 g/mol. The molecule has 260 valence electrons. The molecule has 2 aromatic heterocycles. The van der Waals surface area contributed by atoms with Gasteiger partial charge in [0.05, 0.1) is 48.2 Å². The van der Waals surface area contributed by atoms with Crippen LogP contribution in [0.1, 0.15) is 57.0 Å². The Balaban J connectivity index is 1.41. The summed E-state index contributed by atoms with van der Waals surface area (Å²) >= 11 is 7.32. The number of hydrogen-bond acceptors (Lipinski definition) is 8. The quantitative estimate of drug-likeness (QED) is 0.160. The molecule has 10 nitrogen and oxygen atoms in total. The average molecular weight is 687 g/mol. The van der Waals surface area contributed by atoms with Gasteiger partial charge in [0.2, 0.25) is 0 Å². The molecule has 3 unspecified atom stereocenters. The van der Waals surface area contributed by atoms with E-state index in [-0.39, 0.29) is 17.9 Å². The van der Waals surface area contributed by atoms with Gasteiger partial charge in [0.15, 0.2) is 12.0 Å². The molecule has 5 heterocycles. The van der Waals surface area contributed by atoms with E-state index >= 15 is 0 Å². The van der Waals surface area contributed by atoms with Crippen LogP contribution in [0.5, 0.6) is 0 Å². The molecule has 47 heavy (non-hydrogen) atoms. The zero-order valence-electron chi connectivity index (χ0n) is 29.6. The van der Waals surface area contributed by atoms with Crippen molar-refractivity contribution >= 4 is 36.4 Å². The van der Waals surface area contributed by atoms with E-state index in [0.717, 1.165) is 115 Å². The number of piperazine rings is 1. The lowest BCUT2D eigenvalue weighted by atomic mass is 9.91. The van der Waals surface area contributed by atoms with Crippen molar-refractivity contribution in [3.63, 3.8) is 0 Å². The van der Waals surface area contributed by atoms with Gasteiger partial charge in [-0.15, -0.1) is 0 Å². The minimum Gasteiger partial charge on any atom is -0.376 e. The van der Waals surface area contributed by atoms with E-state index in [0.29, 0.717) is 26.6 Å². The van der Waals surface area contributed by atoms with E-state index in [1.807, 2.05) is 10.9 Å². The van der Waals surface area contributed by atoms with Crippen LogP contribution in [0.3, 0.4) is 0 Å². The molecule has 12 heteroatoms. The molecule has 0 bridgehead atoms. The summed E-state index contributed by atoms with van der Waals surface area (Å²) in [5.41, 5.74) is 5.04. The van der Waals surface area contributed by atoms with E-state index in [1.54, 1.807) is 0 Å². The first-order valence-corrected chi connectivity index (χ1v) is 21.7. The Bertz CT molecular complexity index is 1530. The van der Waals surface area contributed by atoms with Crippen LogP contribution in [0.25, 0.3) is 22.0 Å². The van der Waals surface area contributed by atoms with Gasteiger partial charge in [-0.3, -0.25) is 4.90 Å². The molecule has 0 N–H and O–H groups in total. The highest BCUT2D eigenvalue weighted by atomic mass is 35.5. The zero-order valence-corrected chi connectivity index (χ0v) is 31.4. The number of anilines is 1. The van der Waals surface area contributed by atoms with Gasteiger partial charge >= 0.3 is 0 Å². The summed E-state index contributed by atoms with van der Waals surface area (Å²) in [5.74, 6) is 0.966. The standard InChI is InChI=1S/C35H55ClN6O4Si/c1-8-35(4)23-39(21-27-22-43-15-16-45-27)12-13-40(35)34-31(26(3)41(38-34)24-44-17-18-47(5,6)7)32-28-20-37-42(30-11-9-10-14-46-30)29(28)19-25(2)33(32)36/h19-20,27,30H,8-18,21-24H2,1-7H3. The topological polar surface area (TPSA) is 79.0 Å². The van der Waals surface area contributed by atoms with Crippen LogP contribution in [0, 0.1) is 13.8 Å². The minimum atomic E-state index is -1.22. The third-order valence-corrected chi connectivity index (χ3v) is 12.5. The van der Waals surface area contributed by atoms with Crippen molar-refractivity contribution in [3.8, 4) is 11.1 Å². The molecule has 3 aromatic rings. The highest BCUT2D eigenvalue weighted by Gasteiger charge is 2.41. The highest BCUT2D eigenvalue weighted by molar-refractivity contribution is 6.76. The van der Waals surface area contributed by atoms with Gasteiger partial charge in [0, 0.05) is 69.7 Å². The number of nitrogens with zero attached hydrogens (tertiary/aromatic N) is 6. The molecule has 0 amide bonds. The van der Waals surface area contributed by atoms with Crippen molar-refractivity contribution in [1.29, 1.82) is 0 Å². The van der Waals surface area contributed by atoms with E-state index in [2.05, 4.69) is 67.9 Å². The molecule has 6 rings (SSSR count). The highest BCUT2D eigenvalue weighted by Crippen LogP contribution is 2.46. The first kappa shape index (κ1) is 34.9. The lowest BCUT2D eigenvalue weighted by Gasteiger charge is -2.50. The van der Waals surface area contributed by atoms with Gasteiger partial charge in [-0.1, -0.05) is 38.2 Å². The number of benzene rings is 1. The Morgan fingerprint density at radius 2 is 1.91 bits per heavy atom. The summed E-state index contributed by atoms with van der Waals surface area (Å²) in [5, 5.41) is 12.0. The van der Waals surface area contributed by atoms with Crippen LogP contribution in [-0.4, -0.2) is 103 Å². The third-order valence-electron chi connectivity index (χ3n) is 10.3. The minimum absolute atomic E-state index is 0.0623. The van der Waals surface area contributed by atoms with E-state index in [9.17, 15) is 0 Å². The number of fused-ring (bicyclic) bond motifs is 1. The van der Waals surface area contributed by atoms with Gasteiger partial charge in [-0.2, -0.15) is 10.2 Å². The maximum absolute atomic E-state index is 7.32. The summed E-state index contributed by atoms with van der Waals surface area (Å²) in [6, 6.07) is 3.28. The van der Waals surface area contributed by atoms with Gasteiger partial charge in [-0.05, 0) is 64.1 Å². The number of aromatic nitrogens is 4. The number of aryl methyl sites for hydroxylation is 1. The predicted molar refractivity (Wildman–Crippen MR) is 191 cm³/mol. The van der Waals surface area contributed by atoms with Crippen molar-refractivity contribution in [2.24, 2.45) is 0 Å². The van der Waals surface area contributed by atoms with E-state index < -0.39 is 8.07 Å². The van der Waals surface area contributed by atoms with Crippen LogP contribution in [0.2, 0.25) is 30.7 Å². The van der Waals surface area contributed by atoms with Crippen molar-refractivity contribution < 1.29 is 18.9 Å². The second kappa shape index (κ2) is 14.5. The summed E-state index contributed by atoms with van der Waals surface area (Å²) in [7, 11) is -1.22. The Kier molecular flexibility index (Phi) is 10.7. The number of ether oxygens (including phenoxy) is 4. The largest absolute Gasteiger partial charge is 0.376 e. The Morgan fingerprint density at radius 1 is 1.09 bits per heavy atom. The van der Waals surface area contributed by atoms with Crippen molar-refractivity contribution in [2.75, 3.05) is 64.1 Å². The Hall–Kier alpha value is -1.99. The van der Waals surface area contributed by atoms with Gasteiger partial charge in [0.1, 0.15) is 6.73 Å². The fraction of sp³-hybridized carbons (Fsp3) is 0.714. The predicted octanol–water partition coefficient (Wildman–Crippen LogP) is 6.89. The number of halogens is 1. The SMILES string of the molecule is CCC1(C)CN(CC2COCCO2)CCN1c1nn(COCC[Si](C)(C)C)c(C)c1-c1c(Cl)c(C)cc2c1cnn2C1CCCCO1. The van der Waals surface area contributed by atoms with Gasteiger partial charge in [0.25, 0.3) is 0 Å². The molecule has 3 atom stereocenters. The molecule has 3 aliphatic heterocycles.